The number of rotatable bonds is 3. The maximum Gasteiger partial charge on any atom is 0.164 e. The monoisotopic (exact) mass is 816 g/mol. The number of carbonyl (C=O) groups is 1. The van der Waals surface area contributed by atoms with Crippen LogP contribution in [0.15, 0.2) is 97.0 Å². The van der Waals surface area contributed by atoms with Gasteiger partial charge in [-0.25, -0.2) is 0 Å². The Kier molecular flexibility index (Phi) is 11.0. The fraction of sp³-hybridized carbons (Fsp3) is 0.326. The molecule has 0 bridgehead atoms. The van der Waals surface area contributed by atoms with E-state index in [-0.39, 0.29) is 42.5 Å². The van der Waals surface area contributed by atoms with Crippen LogP contribution in [0.4, 0.5) is 0 Å². The van der Waals surface area contributed by atoms with Crippen molar-refractivity contribution in [3.05, 3.63) is 120 Å². The molecule has 2 heterocycles. The van der Waals surface area contributed by atoms with Gasteiger partial charge in [-0.05, 0) is 52.6 Å². The van der Waals surface area contributed by atoms with Crippen molar-refractivity contribution in [1.29, 1.82) is 0 Å². The first-order valence-electron chi connectivity index (χ1n) is 16.5. The van der Waals surface area contributed by atoms with Crippen molar-refractivity contribution in [3.8, 4) is 33.6 Å². The van der Waals surface area contributed by atoms with Crippen LogP contribution < -0.4 is 0 Å². The Bertz CT molecular complexity index is 1960. The number of ketones is 1. The predicted molar refractivity (Wildman–Crippen MR) is 195 cm³/mol. The van der Waals surface area contributed by atoms with Gasteiger partial charge in [0.05, 0.1) is 5.69 Å². The Balaban J connectivity index is 0.000000319. The number of aliphatic hydroxyl groups is 1. The van der Waals surface area contributed by atoms with Crippen molar-refractivity contribution in [2.75, 3.05) is 0 Å². The van der Waals surface area contributed by atoms with E-state index < -0.39 is 5.41 Å². The van der Waals surface area contributed by atoms with Gasteiger partial charge in [0.25, 0.3) is 0 Å². The van der Waals surface area contributed by atoms with Crippen LogP contribution >= 0.6 is 0 Å². The first-order valence-corrected chi connectivity index (χ1v) is 16.5. The molecule has 2 aromatic heterocycles. The molecule has 0 atom stereocenters. The van der Waals surface area contributed by atoms with Crippen LogP contribution in [-0.4, -0.2) is 20.9 Å². The zero-order chi connectivity index (χ0) is 34.1. The van der Waals surface area contributed by atoms with Crippen LogP contribution in [0.3, 0.4) is 0 Å². The molecule has 1 N–H and O–H groups in total. The second kappa shape index (κ2) is 14.3. The molecule has 0 fully saturated rings. The molecular formula is C43H47IrN2O2-. The largest absolute Gasteiger partial charge is 0.512 e. The van der Waals surface area contributed by atoms with E-state index in [1.807, 2.05) is 53.9 Å². The second-order valence-electron chi connectivity index (χ2n) is 15.6. The number of aliphatic hydroxyl groups excluding tert-OH is 1. The summed E-state index contributed by atoms with van der Waals surface area (Å²) in [5.74, 6) is 0.104. The van der Waals surface area contributed by atoms with Crippen LogP contribution in [-0.2, 0) is 43.2 Å². The van der Waals surface area contributed by atoms with Gasteiger partial charge in [0, 0.05) is 60.7 Å². The van der Waals surface area contributed by atoms with Crippen molar-refractivity contribution in [3.63, 3.8) is 0 Å². The predicted octanol–water partition coefficient (Wildman–Crippen LogP) is 10.9. The minimum atomic E-state index is -0.417. The molecule has 0 saturated heterocycles. The Morgan fingerprint density at radius 3 is 2.08 bits per heavy atom. The van der Waals surface area contributed by atoms with Gasteiger partial charge in [-0.15, -0.1) is 29.1 Å². The van der Waals surface area contributed by atoms with E-state index in [1.165, 1.54) is 44.8 Å². The first-order chi connectivity index (χ1) is 22.0. The summed E-state index contributed by atoms with van der Waals surface area (Å²) in [6, 6.07) is 29.5. The number of hydrogen-bond acceptors (Lipinski definition) is 4. The normalized spacial score (nSPS) is 13.1. The molecule has 5 aromatic rings. The van der Waals surface area contributed by atoms with Gasteiger partial charge in [-0.3, -0.25) is 14.8 Å². The maximum atomic E-state index is 11.5. The molecule has 1 radical (unpaired) electrons. The molecular weight excluding hydrogens is 769 g/mol. The van der Waals surface area contributed by atoms with E-state index in [0.717, 1.165) is 35.2 Å². The van der Waals surface area contributed by atoms with Crippen molar-refractivity contribution in [1.82, 2.24) is 9.97 Å². The molecule has 0 amide bonds. The molecule has 48 heavy (non-hydrogen) atoms. The van der Waals surface area contributed by atoms with E-state index in [4.69, 9.17) is 9.97 Å². The molecule has 1 aliphatic carbocycles. The SMILES string of the molecule is CC(C)(C)C(=O)/C=C(\O)C(C)(C)C.CC(C)(C)c1cc(-c2nccc3c2CCc2cc(-c4ccccc4)cnc2-3)[c-]c2ccccc12.[Ir]. The van der Waals surface area contributed by atoms with Gasteiger partial charge < -0.3 is 5.11 Å². The van der Waals surface area contributed by atoms with Crippen molar-refractivity contribution in [2.24, 2.45) is 10.8 Å². The van der Waals surface area contributed by atoms with E-state index in [1.54, 1.807) is 0 Å². The van der Waals surface area contributed by atoms with Gasteiger partial charge in [0.2, 0.25) is 0 Å². The van der Waals surface area contributed by atoms with Crippen LogP contribution in [0.5, 0.6) is 0 Å². The van der Waals surface area contributed by atoms with Crippen LogP contribution in [0.1, 0.15) is 79.0 Å². The zero-order valence-electron chi connectivity index (χ0n) is 29.7. The summed E-state index contributed by atoms with van der Waals surface area (Å²) in [6.07, 6.45) is 7.18. The number of aromatic nitrogens is 2. The summed E-state index contributed by atoms with van der Waals surface area (Å²) < 4.78 is 0. The minimum absolute atomic E-state index is 0. The maximum absolute atomic E-state index is 11.5. The summed E-state index contributed by atoms with van der Waals surface area (Å²) >= 11 is 0. The van der Waals surface area contributed by atoms with E-state index in [2.05, 4.69) is 99.6 Å². The Labute approximate surface area is 300 Å². The summed E-state index contributed by atoms with van der Waals surface area (Å²) in [7, 11) is 0. The van der Waals surface area contributed by atoms with E-state index in [9.17, 15) is 9.90 Å². The number of nitrogens with zero attached hydrogens (tertiary/aromatic N) is 2. The molecule has 3 aromatic carbocycles. The van der Waals surface area contributed by atoms with Gasteiger partial charge >= 0.3 is 0 Å². The molecule has 6 rings (SSSR count). The summed E-state index contributed by atoms with van der Waals surface area (Å²) in [6.45, 7) is 17.9. The van der Waals surface area contributed by atoms with Crippen molar-refractivity contribution < 1.29 is 30.0 Å². The minimum Gasteiger partial charge on any atom is -0.512 e. The summed E-state index contributed by atoms with van der Waals surface area (Å²) in [5.41, 5.74) is 9.96. The van der Waals surface area contributed by atoms with Gasteiger partial charge in [-0.1, -0.05) is 122 Å². The summed E-state index contributed by atoms with van der Waals surface area (Å²) in [4.78, 5) is 21.3. The number of aryl methyl sites for hydroxylation is 1. The molecule has 0 spiro atoms. The smallest absolute Gasteiger partial charge is 0.164 e. The number of carbonyl (C=O) groups excluding carboxylic acids is 1. The molecule has 0 aliphatic heterocycles. The standard InChI is InChI=1S/C32H27N2.C11H20O2.Ir/c1-32(2,3)29-19-24(17-22-11-7-8-12-26(22)29)31-27-14-13-23-18-25(21-9-5-4-6-10-21)20-34-30(23)28(27)15-16-33-31;1-10(2,3)8(12)7-9(13)11(4,5)6;/h4-12,15-16,18-20H,13-14H2,1-3H3;7,12H,1-6H3;/q-1;;/b;8-7-;. The fourth-order valence-corrected chi connectivity index (χ4v) is 5.73. The zero-order valence-corrected chi connectivity index (χ0v) is 32.1. The average molecular weight is 816 g/mol. The third kappa shape index (κ3) is 8.20. The van der Waals surface area contributed by atoms with Crippen LogP contribution in [0, 0.1) is 16.9 Å². The van der Waals surface area contributed by atoms with E-state index in [0.29, 0.717) is 0 Å². The molecule has 0 unspecified atom stereocenters. The molecule has 251 valence electrons. The van der Waals surface area contributed by atoms with Crippen molar-refractivity contribution in [2.45, 2.75) is 80.6 Å². The first kappa shape index (κ1) is 36.9. The van der Waals surface area contributed by atoms with Gasteiger partial charge in [-0.2, -0.15) is 0 Å². The number of fused-ring (bicyclic) bond motifs is 4. The van der Waals surface area contributed by atoms with Crippen LogP contribution in [0.25, 0.3) is 44.4 Å². The Morgan fingerprint density at radius 1 is 0.771 bits per heavy atom. The average Bonchev–Trinajstić information content (AvgIpc) is 3.03. The van der Waals surface area contributed by atoms with Gasteiger partial charge in [0.1, 0.15) is 5.76 Å². The van der Waals surface area contributed by atoms with Crippen molar-refractivity contribution >= 4 is 16.6 Å². The van der Waals surface area contributed by atoms with Crippen LogP contribution in [0.2, 0.25) is 0 Å². The number of allylic oxidation sites excluding steroid dienone is 2. The third-order valence-corrected chi connectivity index (χ3v) is 8.64. The Hall–Kier alpha value is -3.92. The molecule has 4 nitrogen and oxygen atoms in total. The number of hydrogen-bond donors (Lipinski definition) is 1. The molecule has 0 saturated carbocycles. The third-order valence-electron chi connectivity index (χ3n) is 8.64. The second-order valence-corrected chi connectivity index (χ2v) is 15.6. The molecule has 5 heteroatoms. The quantitative estimate of drug-likeness (QED) is 0.112. The Morgan fingerprint density at radius 2 is 1.44 bits per heavy atom. The fourth-order valence-electron chi connectivity index (χ4n) is 5.73. The van der Waals surface area contributed by atoms with Gasteiger partial charge in [0.15, 0.2) is 5.78 Å². The molecule has 1 aliphatic rings. The topological polar surface area (TPSA) is 63.1 Å². The number of pyridine rings is 2. The number of benzene rings is 3. The summed E-state index contributed by atoms with van der Waals surface area (Å²) in [5, 5.41) is 12.0. The van der Waals surface area contributed by atoms with E-state index >= 15 is 0 Å².